The molecule has 7 heteroatoms. The zero-order chi connectivity index (χ0) is 13.8. The van der Waals surface area contributed by atoms with Crippen molar-refractivity contribution in [3.63, 3.8) is 0 Å². The Bertz CT molecular complexity index is 399. The van der Waals surface area contributed by atoms with E-state index in [1.807, 2.05) is 0 Å². The number of aliphatic imine (C=N–C) groups is 1. The Morgan fingerprint density at radius 3 is 2.11 bits per heavy atom. The van der Waals surface area contributed by atoms with E-state index in [4.69, 9.17) is 5.73 Å². The lowest BCUT2D eigenvalue weighted by molar-refractivity contribution is 0.427. The monoisotopic (exact) mass is 403 g/mol. The number of nitrogens with zero attached hydrogens (tertiary/aromatic N) is 2. The summed E-state index contributed by atoms with van der Waals surface area (Å²) in [5, 5.41) is 0. The van der Waals surface area contributed by atoms with Crippen molar-refractivity contribution in [1.29, 1.82) is 0 Å². The zero-order valence-electron chi connectivity index (χ0n) is 12.1. The van der Waals surface area contributed by atoms with Gasteiger partial charge in [0.05, 0.1) is 11.3 Å². The van der Waals surface area contributed by atoms with Gasteiger partial charge in [-0.05, 0) is 26.7 Å². The van der Waals surface area contributed by atoms with E-state index in [0.717, 1.165) is 25.9 Å². The van der Waals surface area contributed by atoms with E-state index in [-0.39, 0.29) is 30.5 Å². The topological polar surface area (TPSA) is 75.8 Å². The second kappa shape index (κ2) is 7.66. The van der Waals surface area contributed by atoms with Crippen LogP contribution in [-0.2, 0) is 9.84 Å². The van der Waals surface area contributed by atoms with Crippen molar-refractivity contribution in [2.75, 3.05) is 25.9 Å². The zero-order valence-corrected chi connectivity index (χ0v) is 15.2. The minimum Gasteiger partial charge on any atom is -0.370 e. The molecular formula is C12H26IN3O2S. The van der Waals surface area contributed by atoms with E-state index in [2.05, 4.69) is 9.89 Å². The Morgan fingerprint density at radius 2 is 1.68 bits per heavy atom. The van der Waals surface area contributed by atoms with Gasteiger partial charge in [-0.15, -0.1) is 24.0 Å². The Hall–Kier alpha value is -0.0500. The van der Waals surface area contributed by atoms with Gasteiger partial charge in [-0.25, -0.2) is 8.42 Å². The Labute approximate surface area is 134 Å². The lowest BCUT2D eigenvalue weighted by atomic mass is 10.2. The highest BCUT2D eigenvalue weighted by Gasteiger charge is 2.30. The van der Waals surface area contributed by atoms with Crippen LogP contribution in [-0.4, -0.2) is 49.9 Å². The van der Waals surface area contributed by atoms with Crippen LogP contribution in [0.1, 0.15) is 39.5 Å². The fourth-order valence-electron chi connectivity index (χ4n) is 1.79. The van der Waals surface area contributed by atoms with Crippen LogP contribution in [0.25, 0.3) is 0 Å². The highest BCUT2D eigenvalue weighted by atomic mass is 127. The number of halogens is 1. The van der Waals surface area contributed by atoms with Crippen molar-refractivity contribution in [1.82, 2.24) is 4.90 Å². The molecule has 1 rings (SSSR count). The molecular weight excluding hydrogens is 377 g/mol. The van der Waals surface area contributed by atoms with Crippen molar-refractivity contribution in [3.8, 4) is 0 Å². The van der Waals surface area contributed by atoms with Gasteiger partial charge in [0.25, 0.3) is 0 Å². The fraction of sp³-hybridized carbons (Fsp3) is 0.917. The van der Waals surface area contributed by atoms with E-state index in [1.165, 1.54) is 19.1 Å². The maximum absolute atomic E-state index is 11.6. The molecule has 0 atom stereocenters. The van der Waals surface area contributed by atoms with Gasteiger partial charge in [-0.3, -0.25) is 4.99 Å². The third-order valence-electron chi connectivity index (χ3n) is 3.56. The summed E-state index contributed by atoms with van der Waals surface area (Å²) in [5.74, 6) is 0.480. The van der Waals surface area contributed by atoms with Gasteiger partial charge in [0, 0.05) is 19.3 Å². The van der Waals surface area contributed by atoms with Gasteiger partial charge in [0.15, 0.2) is 15.8 Å². The predicted molar refractivity (Wildman–Crippen MR) is 90.9 cm³/mol. The molecule has 114 valence electrons. The first-order valence-electron chi connectivity index (χ1n) is 6.48. The highest BCUT2D eigenvalue weighted by molar-refractivity contribution is 14.0. The maximum atomic E-state index is 11.6. The standard InChI is InChI=1S/C12H25N3O2S.HI/c1-12(2,18(3,16)17)10-14-11(13)15-8-6-4-5-7-9-15;/h4-10H2,1-3H3,(H2,13,14);1H. The third kappa shape index (κ3) is 5.85. The third-order valence-corrected chi connectivity index (χ3v) is 5.69. The average molecular weight is 403 g/mol. The number of hydrogen-bond acceptors (Lipinski definition) is 3. The molecule has 1 saturated heterocycles. The van der Waals surface area contributed by atoms with Crippen molar-refractivity contribution in [2.24, 2.45) is 10.7 Å². The minimum absolute atomic E-state index is 0. The van der Waals surface area contributed by atoms with Crippen LogP contribution < -0.4 is 5.73 Å². The van der Waals surface area contributed by atoms with Crippen LogP contribution in [0.15, 0.2) is 4.99 Å². The first-order valence-corrected chi connectivity index (χ1v) is 8.38. The second-order valence-corrected chi connectivity index (χ2v) is 8.26. The second-order valence-electron chi connectivity index (χ2n) is 5.61. The smallest absolute Gasteiger partial charge is 0.191 e. The number of nitrogens with two attached hydrogens (primary N) is 1. The fourth-order valence-corrected chi connectivity index (χ4v) is 2.09. The highest BCUT2D eigenvalue weighted by Crippen LogP contribution is 2.16. The van der Waals surface area contributed by atoms with Gasteiger partial charge in [-0.1, -0.05) is 12.8 Å². The molecule has 2 N–H and O–H groups in total. The SMILES string of the molecule is CC(C)(CN=C(N)N1CCCCCC1)S(C)(=O)=O.I. The summed E-state index contributed by atoms with van der Waals surface area (Å²) < 4.78 is 22.3. The first kappa shape index (κ1) is 18.9. The normalized spacial score (nSPS) is 18.7. The van der Waals surface area contributed by atoms with E-state index < -0.39 is 14.6 Å². The molecule has 1 heterocycles. The van der Waals surface area contributed by atoms with Gasteiger partial charge < -0.3 is 10.6 Å². The van der Waals surface area contributed by atoms with E-state index in [9.17, 15) is 8.42 Å². The molecule has 0 aromatic carbocycles. The van der Waals surface area contributed by atoms with Gasteiger partial charge in [-0.2, -0.15) is 0 Å². The molecule has 0 aromatic heterocycles. The summed E-state index contributed by atoms with van der Waals surface area (Å²) in [7, 11) is -3.12. The van der Waals surface area contributed by atoms with Crippen LogP contribution in [0.5, 0.6) is 0 Å². The molecule has 0 aromatic rings. The summed E-state index contributed by atoms with van der Waals surface area (Å²) in [6, 6.07) is 0. The minimum atomic E-state index is -3.12. The van der Waals surface area contributed by atoms with E-state index >= 15 is 0 Å². The Balaban J connectivity index is 0.00000324. The molecule has 19 heavy (non-hydrogen) atoms. The molecule has 0 amide bonds. The first-order chi connectivity index (χ1) is 8.24. The molecule has 5 nitrogen and oxygen atoms in total. The predicted octanol–water partition coefficient (Wildman–Crippen LogP) is 1.62. The summed E-state index contributed by atoms with van der Waals surface area (Å²) in [4.78, 5) is 6.33. The number of sulfone groups is 1. The number of guanidine groups is 1. The molecule has 1 aliphatic rings. The molecule has 1 fully saturated rings. The molecule has 0 aliphatic carbocycles. The van der Waals surface area contributed by atoms with Crippen molar-refractivity contribution >= 4 is 39.8 Å². The van der Waals surface area contributed by atoms with Gasteiger partial charge in [0.1, 0.15) is 0 Å². The van der Waals surface area contributed by atoms with Crippen molar-refractivity contribution in [3.05, 3.63) is 0 Å². The molecule has 0 radical (unpaired) electrons. The van der Waals surface area contributed by atoms with Gasteiger partial charge in [0.2, 0.25) is 0 Å². The largest absolute Gasteiger partial charge is 0.370 e. The lowest BCUT2D eigenvalue weighted by Crippen LogP contribution is -2.40. The van der Waals surface area contributed by atoms with Crippen LogP contribution in [0.2, 0.25) is 0 Å². The molecule has 0 bridgehead atoms. The Morgan fingerprint density at radius 1 is 1.21 bits per heavy atom. The van der Waals surface area contributed by atoms with Crippen molar-refractivity contribution < 1.29 is 8.42 Å². The van der Waals surface area contributed by atoms with E-state index in [0.29, 0.717) is 5.96 Å². The Kier molecular flexibility index (Phi) is 7.64. The molecule has 0 spiro atoms. The molecule has 1 aliphatic heterocycles. The summed E-state index contributed by atoms with van der Waals surface area (Å²) in [6.07, 6.45) is 5.97. The maximum Gasteiger partial charge on any atom is 0.191 e. The van der Waals surface area contributed by atoms with Gasteiger partial charge >= 0.3 is 0 Å². The van der Waals surface area contributed by atoms with Crippen molar-refractivity contribution in [2.45, 2.75) is 44.3 Å². The average Bonchev–Trinajstić information content (AvgIpc) is 2.52. The number of rotatable bonds is 3. The number of hydrogen-bond donors (Lipinski definition) is 1. The lowest BCUT2D eigenvalue weighted by Gasteiger charge is -2.24. The number of likely N-dealkylation sites (tertiary alicyclic amines) is 1. The van der Waals surface area contributed by atoms with Crippen LogP contribution in [0.4, 0.5) is 0 Å². The van der Waals surface area contributed by atoms with Crippen LogP contribution >= 0.6 is 24.0 Å². The van der Waals surface area contributed by atoms with Crippen LogP contribution in [0.3, 0.4) is 0 Å². The summed E-state index contributed by atoms with van der Waals surface area (Å²) >= 11 is 0. The molecule has 0 unspecified atom stereocenters. The van der Waals surface area contributed by atoms with E-state index in [1.54, 1.807) is 13.8 Å². The van der Waals surface area contributed by atoms with Crippen LogP contribution in [0, 0.1) is 0 Å². The summed E-state index contributed by atoms with van der Waals surface area (Å²) in [6.45, 7) is 5.43. The summed E-state index contributed by atoms with van der Waals surface area (Å²) in [5.41, 5.74) is 5.95. The molecule has 0 saturated carbocycles. The quantitative estimate of drug-likeness (QED) is 0.442.